The van der Waals surface area contributed by atoms with E-state index in [1.165, 1.54) is 16.8 Å². The van der Waals surface area contributed by atoms with E-state index in [4.69, 9.17) is 5.11 Å². The number of aromatic hydroxyl groups is 1. The molecule has 1 heterocycles. The Morgan fingerprint density at radius 2 is 1.71 bits per heavy atom. The van der Waals surface area contributed by atoms with E-state index in [-0.39, 0.29) is 6.04 Å². The van der Waals surface area contributed by atoms with Gasteiger partial charge >= 0.3 is 5.97 Å². The number of benzene rings is 3. The molecule has 2 N–H and O–H groups in total. The number of anilines is 1. The fourth-order valence-electron chi connectivity index (χ4n) is 4.26. The number of nitrogens with zero attached hydrogens (tertiary/aromatic N) is 1. The van der Waals surface area contributed by atoms with Gasteiger partial charge in [-0.05, 0) is 70.5 Å². The second-order valence-corrected chi connectivity index (χ2v) is 8.41. The molecule has 0 fully saturated rings. The predicted octanol–water partition coefficient (Wildman–Crippen LogP) is 6.65. The molecule has 0 spiro atoms. The summed E-state index contributed by atoms with van der Waals surface area (Å²) in [5, 5.41) is 18.8. The summed E-state index contributed by atoms with van der Waals surface area (Å²) in [5.41, 5.74) is 6.81. The van der Waals surface area contributed by atoms with Crippen molar-refractivity contribution in [3.05, 3.63) is 101 Å². The lowest BCUT2D eigenvalue weighted by Gasteiger charge is -2.39. The maximum atomic E-state index is 10.8. The summed E-state index contributed by atoms with van der Waals surface area (Å²) in [6, 6.07) is 22.4. The summed E-state index contributed by atoms with van der Waals surface area (Å²) < 4.78 is 19.2. The number of phenols is 1. The molecule has 1 aliphatic rings. The molecule has 0 saturated heterocycles. The van der Waals surface area contributed by atoms with E-state index in [9.17, 15) is 18.7 Å². The van der Waals surface area contributed by atoms with Crippen molar-refractivity contribution in [2.24, 2.45) is 0 Å². The van der Waals surface area contributed by atoms with Crippen molar-refractivity contribution in [1.29, 1.82) is 0 Å². The molecular weight excluding hydrogens is 436 g/mol. The molecule has 178 valence electrons. The van der Waals surface area contributed by atoms with Crippen LogP contribution in [0.25, 0.3) is 6.08 Å². The van der Waals surface area contributed by atoms with Crippen molar-refractivity contribution in [3.8, 4) is 5.75 Å². The van der Waals surface area contributed by atoms with Gasteiger partial charge in [0, 0.05) is 18.3 Å². The van der Waals surface area contributed by atoms with Gasteiger partial charge in [0.2, 0.25) is 6.93 Å². The second-order valence-electron chi connectivity index (χ2n) is 8.41. The number of carboxylic acids is 1. The lowest BCUT2D eigenvalue weighted by molar-refractivity contribution is -0.131. The summed E-state index contributed by atoms with van der Waals surface area (Å²) in [4.78, 5) is 13.2. The molecule has 3 aromatic rings. The fourth-order valence-corrected chi connectivity index (χ4v) is 4.26. The first-order chi connectivity index (χ1) is 16.3. The molecule has 34 heavy (non-hydrogen) atoms. The first-order valence-electron chi connectivity index (χ1n) is 11.1. The Kier molecular flexibility index (Phi) is 8.41. The Morgan fingerprint density at radius 1 is 1.06 bits per heavy atom. The second kappa shape index (κ2) is 11.5. The molecule has 4 rings (SSSR count). The average molecular weight is 466 g/mol. The first kappa shape index (κ1) is 25.0. The Labute approximate surface area is 198 Å². The SMILES string of the molecule is CC(C)c1ccc(N2CCc3cc(O)ccc3C2c2ccc(/C=C/C(=O)O)cc2)cc1.FCF. The van der Waals surface area contributed by atoms with E-state index < -0.39 is 12.9 Å². The molecule has 0 aromatic heterocycles. The highest BCUT2D eigenvalue weighted by molar-refractivity contribution is 5.85. The first-order valence-corrected chi connectivity index (χ1v) is 11.1. The number of carbonyl (C=O) groups is 1. The van der Waals surface area contributed by atoms with Crippen LogP contribution in [0, 0.1) is 0 Å². The monoisotopic (exact) mass is 465 g/mol. The topological polar surface area (TPSA) is 60.8 Å². The number of fused-ring (bicyclic) bond motifs is 1. The molecule has 4 nitrogen and oxygen atoms in total. The van der Waals surface area contributed by atoms with Crippen molar-refractivity contribution in [1.82, 2.24) is 0 Å². The summed E-state index contributed by atoms with van der Waals surface area (Å²) in [6.07, 6.45) is 3.61. The van der Waals surface area contributed by atoms with Crippen LogP contribution in [-0.4, -0.2) is 29.7 Å². The maximum Gasteiger partial charge on any atom is 0.328 e. The fraction of sp³-hybridized carbons (Fsp3) is 0.250. The van der Waals surface area contributed by atoms with Crippen LogP contribution >= 0.6 is 0 Å². The van der Waals surface area contributed by atoms with E-state index in [0.717, 1.165) is 35.7 Å². The predicted molar refractivity (Wildman–Crippen MR) is 132 cm³/mol. The van der Waals surface area contributed by atoms with Crippen LogP contribution in [0.15, 0.2) is 72.8 Å². The smallest absolute Gasteiger partial charge is 0.328 e. The van der Waals surface area contributed by atoms with Crippen LogP contribution in [0.5, 0.6) is 5.75 Å². The zero-order valence-electron chi connectivity index (χ0n) is 19.3. The van der Waals surface area contributed by atoms with Crippen LogP contribution in [-0.2, 0) is 11.2 Å². The number of aliphatic carboxylic acids is 1. The normalized spacial score (nSPS) is 15.1. The Hall–Kier alpha value is -3.67. The van der Waals surface area contributed by atoms with Crippen LogP contribution in [0.2, 0.25) is 0 Å². The third kappa shape index (κ3) is 6.01. The molecule has 0 amide bonds. The minimum Gasteiger partial charge on any atom is -0.508 e. The van der Waals surface area contributed by atoms with E-state index in [1.807, 2.05) is 24.3 Å². The molecule has 1 atom stereocenters. The number of hydrogen-bond acceptors (Lipinski definition) is 3. The van der Waals surface area contributed by atoms with Gasteiger partial charge in [-0.2, -0.15) is 0 Å². The molecule has 1 unspecified atom stereocenters. The van der Waals surface area contributed by atoms with Gasteiger partial charge in [-0.25, -0.2) is 13.6 Å². The van der Waals surface area contributed by atoms with Crippen LogP contribution < -0.4 is 4.90 Å². The van der Waals surface area contributed by atoms with E-state index in [0.29, 0.717) is 11.7 Å². The van der Waals surface area contributed by atoms with Crippen LogP contribution in [0.4, 0.5) is 14.5 Å². The Balaban J connectivity index is 0.00000103. The quantitative estimate of drug-likeness (QED) is 0.414. The van der Waals surface area contributed by atoms with Gasteiger partial charge in [-0.3, -0.25) is 0 Å². The van der Waals surface area contributed by atoms with Crippen LogP contribution in [0.1, 0.15) is 53.6 Å². The molecule has 3 aromatic carbocycles. The zero-order valence-corrected chi connectivity index (χ0v) is 19.3. The zero-order chi connectivity index (χ0) is 24.7. The number of phenolic OH excluding ortho intramolecular Hbond substituents is 1. The molecule has 0 bridgehead atoms. The summed E-state index contributed by atoms with van der Waals surface area (Å²) in [6.45, 7) is 3.49. The highest BCUT2D eigenvalue weighted by Gasteiger charge is 2.29. The lowest BCUT2D eigenvalue weighted by Crippen LogP contribution is -2.36. The van der Waals surface area contributed by atoms with Gasteiger partial charge in [0.1, 0.15) is 5.75 Å². The average Bonchev–Trinajstić information content (AvgIpc) is 2.83. The third-order valence-electron chi connectivity index (χ3n) is 5.92. The largest absolute Gasteiger partial charge is 0.508 e. The minimum atomic E-state index is -1.75. The molecule has 6 heteroatoms. The lowest BCUT2D eigenvalue weighted by atomic mass is 9.87. The Bertz CT molecular complexity index is 1130. The molecule has 0 saturated carbocycles. The number of rotatable bonds is 5. The summed E-state index contributed by atoms with van der Waals surface area (Å²) in [5.74, 6) is -0.177. The molecule has 1 aliphatic heterocycles. The summed E-state index contributed by atoms with van der Waals surface area (Å²) in [7, 11) is 0. The van der Waals surface area contributed by atoms with Gasteiger partial charge in [0.05, 0.1) is 6.04 Å². The third-order valence-corrected chi connectivity index (χ3v) is 5.92. The van der Waals surface area contributed by atoms with Gasteiger partial charge in [0.25, 0.3) is 0 Å². The minimum absolute atomic E-state index is 0.0201. The van der Waals surface area contributed by atoms with E-state index in [1.54, 1.807) is 12.1 Å². The highest BCUT2D eigenvalue weighted by atomic mass is 19.3. The van der Waals surface area contributed by atoms with E-state index >= 15 is 0 Å². The van der Waals surface area contributed by atoms with E-state index in [2.05, 4.69) is 55.1 Å². The van der Waals surface area contributed by atoms with Crippen molar-refractivity contribution >= 4 is 17.7 Å². The molecule has 0 radical (unpaired) electrons. The number of halogens is 2. The Morgan fingerprint density at radius 3 is 2.29 bits per heavy atom. The van der Waals surface area contributed by atoms with Gasteiger partial charge in [-0.1, -0.05) is 56.3 Å². The maximum absolute atomic E-state index is 10.8. The number of carboxylic acid groups (broad SMARTS) is 1. The molecular formula is C28H29F2NO3. The standard InChI is InChI=1S/C27H27NO3.CH2F2/c1-18(2)20-8-10-23(11-9-20)28-16-15-22-17-24(29)12-13-25(22)27(28)21-6-3-19(4-7-21)5-14-26(30)31;2-1-3/h3-14,17-18,27,29H,15-16H2,1-2H3,(H,30,31);1H2/b14-5+;. The van der Waals surface area contributed by atoms with Crippen molar-refractivity contribution < 1.29 is 23.8 Å². The van der Waals surface area contributed by atoms with Crippen molar-refractivity contribution in [3.63, 3.8) is 0 Å². The molecule has 0 aliphatic carbocycles. The van der Waals surface area contributed by atoms with Gasteiger partial charge in [0.15, 0.2) is 0 Å². The van der Waals surface area contributed by atoms with Crippen molar-refractivity contribution in [2.75, 3.05) is 18.4 Å². The highest BCUT2D eigenvalue weighted by Crippen LogP contribution is 2.39. The number of alkyl halides is 2. The van der Waals surface area contributed by atoms with Gasteiger partial charge in [-0.15, -0.1) is 0 Å². The summed E-state index contributed by atoms with van der Waals surface area (Å²) >= 11 is 0. The number of hydrogen-bond donors (Lipinski definition) is 2. The van der Waals surface area contributed by atoms with Crippen LogP contribution in [0.3, 0.4) is 0 Å². The van der Waals surface area contributed by atoms with Crippen molar-refractivity contribution in [2.45, 2.75) is 32.2 Å². The van der Waals surface area contributed by atoms with Gasteiger partial charge < -0.3 is 15.1 Å².